The minimum atomic E-state index is -3.75. The van der Waals surface area contributed by atoms with Gasteiger partial charge in [-0.25, -0.2) is 18.1 Å². The summed E-state index contributed by atoms with van der Waals surface area (Å²) < 4.78 is 26.5. The first-order chi connectivity index (χ1) is 8.63. The van der Waals surface area contributed by atoms with Crippen molar-refractivity contribution in [3.8, 4) is 0 Å². The second-order valence-corrected chi connectivity index (χ2v) is 5.03. The molecule has 0 aliphatic rings. The maximum absolute atomic E-state index is 12.1. The van der Waals surface area contributed by atoms with Gasteiger partial charge >= 0.3 is 0 Å². The smallest absolute Gasteiger partial charge is 0.264 e. The summed E-state index contributed by atoms with van der Waals surface area (Å²) >= 11 is 0. The molecule has 0 radical (unpaired) electrons. The minimum Gasteiger partial charge on any atom is -0.326 e. The lowest BCUT2D eigenvalue weighted by molar-refractivity contribution is 0.599. The van der Waals surface area contributed by atoms with E-state index < -0.39 is 10.0 Å². The third-order valence-corrected chi connectivity index (χ3v) is 3.62. The highest BCUT2D eigenvalue weighted by Crippen LogP contribution is 2.16. The third kappa shape index (κ3) is 2.60. The lowest BCUT2D eigenvalue weighted by Gasteiger charge is -2.09. The van der Waals surface area contributed by atoms with Gasteiger partial charge in [-0.15, -0.1) is 5.10 Å². The van der Waals surface area contributed by atoms with Gasteiger partial charge in [0.1, 0.15) is 0 Å². The van der Waals surface area contributed by atoms with Gasteiger partial charge in [0.2, 0.25) is 0 Å². The molecule has 0 spiro atoms. The normalized spacial score (nSPS) is 11.2. The van der Waals surface area contributed by atoms with E-state index in [2.05, 4.69) is 19.9 Å². The number of nitrogens with two attached hydrogens (primary N) is 1. The van der Waals surface area contributed by atoms with Crippen LogP contribution in [0.5, 0.6) is 0 Å². The summed E-state index contributed by atoms with van der Waals surface area (Å²) in [5.74, 6) is -0.0793. The Morgan fingerprint density at radius 3 is 2.67 bits per heavy atom. The van der Waals surface area contributed by atoms with E-state index >= 15 is 0 Å². The van der Waals surface area contributed by atoms with Crippen molar-refractivity contribution in [2.24, 2.45) is 5.73 Å². The molecule has 0 saturated carbocycles. The van der Waals surface area contributed by atoms with Gasteiger partial charge in [-0.2, -0.15) is 5.10 Å². The second-order valence-electron chi connectivity index (χ2n) is 3.38. The molecule has 0 bridgehead atoms. The van der Waals surface area contributed by atoms with Crippen LogP contribution in [0.4, 0.5) is 5.95 Å². The lowest BCUT2D eigenvalue weighted by atomic mass is 10.2. The molecule has 94 valence electrons. The van der Waals surface area contributed by atoms with E-state index in [1.54, 1.807) is 18.2 Å². The fourth-order valence-electron chi connectivity index (χ4n) is 1.40. The third-order valence-electron chi connectivity index (χ3n) is 2.19. The molecule has 0 amide bonds. The van der Waals surface area contributed by atoms with Crippen LogP contribution < -0.4 is 10.5 Å². The van der Waals surface area contributed by atoms with Crippen molar-refractivity contribution >= 4 is 16.0 Å². The van der Waals surface area contributed by atoms with E-state index in [0.29, 0.717) is 5.56 Å². The molecule has 0 fully saturated rings. The second kappa shape index (κ2) is 5.07. The number of hydrogen-bond donors (Lipinski definition) is 2. The van der Waals surface area contributed by atoms with Gasteiger partial charge in [0, 0.05) is 6.54 Å². The van der Waals surface area contributed by atoms with Crippen LogP contribution >= 0.6 is 0 Å². The zero-order valence-corrected chi connectivity index (χ0v) is 10.1. The average Bonchev–Trinajstić information content (AvgIpc) is 2.39. The standard InChI is InChI=1S/C10H11N5O2S/c11-7-8-3-1-2-4-9(8)18(16,17)15-10-12-5-6-13-14-10/h1-6H,7,11H2,(H,12,14,15). The van der Waals surface area contributed by atoms with E-state index in [0.717, 1.165) is 0 Å². The molecule has 2 rings (SSSR count). The Labute approximate surface area is 104 Å². The van der Waals surface area contributed by atoms with Crippen molar-refractivity contribution < 1.29 is 8.42 Å². The molecule has 8 heteroatoms. The number of aromatic nitrogens is 3. The molecule has 0 atom stereocenters. The summed E-state index contributed by atoms with van der Waals surface area (Å²) in [6, 6.07) is 6.47. The van der Waals surface area contributed by atoms with Gasteiger partial charge in [-0.1, -0.05) is 18.2 Å². The molecule has 3 N–H and O–H groups in total. The summed E-state index contributed by atoms with van der Waals surface area (Å²) in [6.45, 7) is 0.130. The zero-order chi connectivity index (χ0) is 13.0. The van der Waals surface area contributed by atoms with Crippen LogP contribution in [-0.4, -0.2) is 23.6 Å². The summed E-state index contributed by atoms with van der Waals surface area (Å²) in [7, 11) is -3.75. The van der Waals surface area contributed by atoms with E-state index in [1.807, 2.05) is 0 Å². The minimum absolute atomic E-state index is 0.0793. The molecule has 7 nitrogen and oxygen atoms in total. The first kappa shape index (κ1) is 12.4. The number of hydrogen-bond acceptors (Lipinski definition) is 6. The van der Waals surface area contributed by atoms with Crippen LogP contribution in [0.1, 0.15) is 5.56 Å². The van der Waals surface area contributed by atoms with Crippen molar-refractivity contribution in [1.82, 2.24) is 15.2 Å². The molecule has 2 aromatic rings. The highest BCUT2D eigenvalue weighted by Gasteiger charge is 2.18. The van der Waals surface area contributed by atoms with Gasteiger partial charge in [-0.3, -0.25) is 0 Å². The topological polar surface area (TPSA) is 111 Å². The van der Waals surface area contributed by atoms with Crippen LogP contribution in [0.3, 0.4) is 0 Å². The molecule has 18 heavy (non-hydrogen) atoms. The maximum atomic E-state index is 12.1. The van der Waals surface area contributed by atoms with Crippen molar-refractivity contribution in [2.75, 3.05) is 4.72 Å². The van der Waals surface area contributed by atoms with Gasteiger partial charge in [-0.05, 0) is 11.6 Å². The number of sulfonamides is 1. The first-order valence-electron chi connectivity index (χ1n) is 5.08. The van der Waals surface area contributed by atoms with Gasteiger partial charge in [0.05, 0.1) is 17.3 Å². The van der Waals surface area contributed by atoms with E-state index in [-0.39, 0.29) is 17.4 Å². The summed E-state index contributed by atoms with van der Waals surface area (Å²) in [6.07, 6.45) is 2.70. The Hall–Kier alpha value is -2.06. The molecule has 0 aliphatic carbocycles. The highest BCUT2D eigenvalue weighted by molar-refractivity contribution is 7.92. The average molecular weight is 265 g/mol. The number of anilines is 1. The van der Waals surface area contributed by atoms with Crippen LogP contribution in [0.25, 0.3) is 0 Å². The number of nitrogens with zero attached hydrogens (tertiary/aromatic N) is 3. The Balaban J connectivity index is 2.37. The van der Waals surface area contributed by atoms with E-state index in [9.17, 15) is 8.42 Å². The first-order valence-corrected chi connectivity index (χ1v) is 6.56. The van der Waals surface area contributed by atoms with Gasteiger partial charge in [0.25, 0.3) is 16.0 Å². The van der Waals surface area contributed by atoms with Crippen molar-refractivity contribution in [2.45, 2.75) is 11.4 Å². The lowest BCUT2D eigenvalue weighted by Crippen LogP contribution is -2.17. The molecule has 0 unspecified atom stereocenters. The van der Waals surface area contributed by atoms with E-state index in [4.69, 9.17) is 5.73 Å². The quantitative estimate of drug-likeness (QED) is 0.813. The Morgan fingerprint density at radius 1 is 1.22 bits per heavy atom. The molecule has 0 aliphatic heterocycles. The largest absolute Gasteiger partial charge is 0.326 e. The fraction of sp³-hybridized carbons (Fsp3) is 0.100. The number of rotatable bonds is 4. The predicted molar refractivity (Wildman–Crippen MR) is 65.0 cm³/mol. The van der Waals surface area contributed by atoms with Crippen molar-refractivity contribution in [3.63, 3.8) is 0 Å². The molecular formula is C10H11N5O2S. The molecular weight excluding hydrogens is 254 g/mol. The number of nitrogens with one attached hydrogen (secondary N) is 1. The van der Waals surface area contributed by atoms with Crippen molar-refractivity contribution in [3.05, 3.63) is 42.2 Å². The van der Waals surface area contributed by atoms with Crippen LogP contribution in [0.2, 0.25) is 0 Å². The van der Waals surface area contributed by atoms with Crippen LogP contribution in [-0.2, 0) is 16.6 Å². The summed E-state index contributed by atoms with van der Waals surface area (Å²) in [4.78, 5) is 3.86. The highest BCUT2D eigenvalue weighted by atomic mass is 32.2. The number of benzene rings is 1. The summed E-state index contributed by atoms with van der Waals surface area (Å²) in [5.41, 5.74) is 6.03. The van der Waals surface area contributed by atoms with Gasteiger partial charge in [0.15, 0.2) is 0 Å². The van der Waals surface area contributed by atoms with Gasteiger partial charge < -0.3 is 5.73 Å². The zero-order valence-electron chi connectivity index (χ0n) is 9.31. The van der Waals surface area contributed by atoms with Crippen LogP contribution in [0.15, 0.2) is 41.6 Å². The Morgan fingerprint density at radius 2 is 2.00 bits per heavy atom. The van der Waals surface area contributed by atoms with Crippen molar-refractivity contribution in [1.29, 1.82) is 0 Å². The molecule has 1 heterocycles. The monoisotopic (exact) mass is 265 g/mol. The fourth-order valence-corrected chi connectivity index (χ4v) is 2.60. The predicted octanol–water partition coefficient (Wildman–Crippen LogP) is 0.131. The summed E-state index contributed by atoms with van der Waals surface area (Å²) in [5, 5.41) is 7.10. The molecule has 0 saturated heterocycles. The maximum Gasteiger partial charge on any atom is 0.264 e. The molecule has 1 aromatic carbocycles. The SMILES string of the molecule is NCc1ccccc1S(=O)(=O)Nc1nccnn1. The van der Waals surface area contributed by atoms with E-state index in [1.165, 1.54) is 18.5 Å². The Kier molecular flexibility index (Phi) is 3.49. The Bertz CT molecular complexity index is 630. The molecule has 1 aromatic heterocycles. The van der Waals surface area contributed by atoms with Crippen LogP contribution in [0, 0.1) is 0 Å².